The van der Waals surface area contributed by atoms with Crippen LogP contribution in [0.1, 0.15) is 89.4 Å². The highest BCUT2D eigenvalue weighted by molar-refractivity contribution is 5.85. The lowest BCUT2D eigenvalue weighted by atomic mass is 9.49. The van der Waals surface area contributed by atoms with Crippen LogP contribution in [0.15, 0.2) is 4.52 Å². The smallest absolute Gasteiger partial charge is 0.249 e. The second kappa shape index (κ2) is 6.98. The number of amides is 1. The summed E-state index contributed by atoms with van der Waals surface area (Å²) in [6.07, 6.45) is 10.1. The zero-order valence-electron chi connectivity index (χ0n) is 16.9. The second-order valence-electron chi connectivity index (χ2n) is 10.4. The van der Waals surface area contributed by atoms with Gasteiger partial charge < -0.3 is 15.6 Å². The summed E-state index contributed by atoms with van der Waals surface area (Å²) in [6.45, 7) is 4.19. The standard InChI is InChI=1S/C21H32N4O2.ClH/c1-12(2)16(17-24-18(25-27-17)21(22)4-3-5-21)23-19(26)20-9-13-6-14(10-20)8-15(7-13)11-20;/h12-16H,3-11,22H2,1-2H3,(H,23,26);1H. The van der Waals surface area contributed by atoms with E-state index in [1.165, 1.54) is 19.3 Å². The Balaban J connectivity index is 0.00000192. The molecule has 3 N–H and O–H groups in total. The first kappa shape index (κ1) is 20.1. The molecule has 0 aliphatic heterocycles. The van der Waals surface area contributed by atoms with Crippen LogP contribution in [-0.2, 0) is 10.3 Å². The van der Waals surface area contributed by atoms with Crippen LogP contribution in [0.2, 0.25) is 0 Å². The van der Waals surface area contributed by atoms with Crippen molar-refractivity contribution < 1.29 is 9.32 Å². The topological polar surface area (TPSA) is 94.0 Å². The lowest BCUT2D eigenvalue weighted by Crippen LogP contribution is -2.54. The van der Waals surface area contributed by atoms with Crippen LogP contribution in [0.25, 0.3) is 0 Å². The Kier molecular flexibility index (Phi) is 5.02. The number of nitrogens with zero attached hydrogens (tertiary/aromatic N) is 2. The maximum Gasteiger partial charge on any atom is 0.249 e. The number of nitrogens with two attached hydrogens (primary N) is 1. The Morgan fingerprint density at radius 3 is 2.18 bits per heavy atom. The number of hydrogen-bond acceptors (Lipinski definition) is 5. The molecule has 1 atom stereocenters. The molecule has 5 aliphatic carbocycles. The summed E-state index contributed by atoms with van der Waals surface area (Å²) in [7, 11) is 0. The van der Waals surface area contributed by atoms with Crippen molar-refractivity contribution in [1.29, 1.82) is 0 Å². The van der Waals surface area contributed by atoms with Crippen LogP contribution in [0.5, 0.6) is 0 Å². The Hall–Kier alpha value is -1.14. The Labute approximate surface area is 173 Å². The molecule has 6 rings (SSSR count). The van der Waals surface area contributed by atoms with Crippen molar-refractivity contribution in [2.24, 2.45) is 34.8 Å². The fourth-order valence-electron chi connectivity index (χ4n) is 6.54. The molecule has 5 aliphatic rings. The first-order valence-corrected chi connectivity index (χ1v) is 10.8. The summed E-state index contributed by atoms with van der Waals surface area (Å²) in [5.41, 5.74) is 5.75. The molecular formula is C21H33ClN4O2. The summed E-state index contributed by atoms with van der Waals surface area (Å²) in [4.78, 5) is 18.0. The van der Waals surface area contributed by atoms with Crippen molar-refractivity contribution in [3.8, 4) is 0 Å². The van der Waals surface area contributed by atoms with Crippen molar-refractivity contribution in [2.45, 2.75) is 83.2 Å². The lowest BCUT2D eigenvalue weighted by Gasteiger charge is -2.55. The monoisotopic (exact) mass is 408 g/mol. The molecule has 1 aromatic rings. The van der Waals surface area contributed by atoms with Gasteiger partial charge in [-0.2, -0.15) is 4.98 Å². The third-order valence-corrected chi connectivity index (χ3v) is 7.87. The van der Waals surface area contributed by atoms with Crippen LogP contribution in [0.4, 0.5) is 0 Å². The number of carbonyl (C=O) groups is 1. The molecule has 4 bridgehead atoms. The van der Waals surface area contributed by atoms with Gasteiger partial charge in [-0.25, -0.2) is 0 Å². The zero-order valence-corrected chi connectivity index (χ0v) is 17.8. The first-order valence-electron chi connectivity index (χ1n) is 10.8. The van der Waals surface area contributed by atoms with Gasteiger partial charge in [0, 0.05) is 5.41 Å². The quantitative estimate of drug-likeness (QED) is 0.771. The highest BCUT2D eigenvalue weighted by atomic mass is 35.5. The maximum atomic E-state index is 13.4. The predicted molar refractivity (Wildman–Crippen MR) is 108 cm³/mol. The van der Waals surface area contributed by atoms with E-state index in [9.17, 15) is 4.79 Å². The number of aromatic nitrogens is 2. The van der Waals surface area contributed by atoms with E-state index in [-0.39, 0.29) is 35.7 Å². The molecule has 156 valence electrons. The fraction of sp³-hybridized carbons (Fsp3) is 0.857. The summed E-state index contributed by atoms with van der Waals surface area (Å²) in [6, 6.07) is -0.240. The average molecular weight is 409 g/mol. The van der Waals surface area contributed by atoms with E-state index >= 15 is 0 Å². The molecule has 0 spiro atoms. The normalized spacial score (nSPS) is 35.9. The van der Waals surface area contributed by atoms with Gasteiger partial charge in [-0.15, -0.1) is 12.4 Å². The van der Waals surface area contributed by atoms with Crippen LogP contribution >= 0.6 is 12.4 Å². The van der Waals surface area contributed by atoms with Gasteiger partial charge in [0.2, 0.25) is 11.8 Å². The fourth-order valence-corrected chi connectivity index (χ4v) is 6.54. The van der Waals surface area contributed by atoms with Gasteiger partial charge in [0.05, 0.1) is 5.54 Å². The Bertz CT molecular complexity index is 707. The molecule has 0 aromatic carbocycles. The highest BCUT2D eigenvalue weighted by Crippen LogP contribution is 2.60. The minimum absolute atomic E-state index is 0. The number of halogens is 1. The van der Waals surface area contributed by atoms with Gasteiger partial charge >= 0.3 is 0 Å². The largest absolute Gasteiger partial charge is 0.344 e. The maximum absolute atomic E-state index is 13.4. The van der Waals surface area contributed by atoms with Gasteiger partial charge in [-0.1, -0.05) is 19.0 Å². The Morgan fingerprint density at radius 2 is 1.71 bits per heavy atom. The molecule has 0 radical (unpaired) electrons. The summed E-state index contributed by atoms with van der Waals surface area (Å²) in [5, 5.41) is 7.47. The number of carbonyl (C=O) groups excluding carboxylic acids is 1. The van der Waals surface area contributed by atoms with Gasteiger partial charge in [-0.3, -0.25) is 4.79 Å². The second-order valence-corrected chi connectivity index (χ2v) is 10.4. The predicted octanol–water partition coefficient (Wildman–Crippen LogP) is 3.86. The van der Waals surface area contributed by atoms with Crippen molar-refractivity contribution in [1.82, 2.24) is 15.5 Å². The third-order valence-electron chi connectivity index (χ3n) is 7.87. The van der Waals surface area contributed by atoms with Gasteiger partial charge in [0.1, 0.15) is 6.04 Å². The van der Waals surface area contributed by atoms with E-state index in [2.05, 4.69) is 29.3 Å². The molecule has 6 nitrogen and oxygen atoms in total. The first-order chi connectivity index (χ1) is 12.9. The van der Waals surface area contributed by atoms with Crippen molar-refractivity contribution in [3.63, 3.8) is 0 Å². The molecule has 5 saturated carbocycles. The molecule has 0 saturated heterocycles. The summed E-state index contributed by atoms with van der Waals surface area (Å²) >= 11 is 0. The van der Waals surface area contributed by atoms with Crippen LogP contribution in [0.3, 0.4) is 0 Å². The molecule has 1 unspecified atom stereocenters. The molecule has 1 aromatic heterocycles. The van der Waals surface area contributed by atoms with Crippen molar-refractivity contribution >= 4 is 18.3 Å². The molecular weight excluding hydrogens is 376 g/mol. The average Bonchev–Trinajstić information content (AvgIpc) is 3.05. The number of nitrogens with one attached hydrogen (secondary N) is 1. The summed E-state index contributed by atoms with van der Waals surface area (Å²) < 4.78 is 5.57. The van der Waals surface area contributed by atoms with Crippen LogP contribution in [-0.4, -0.2) is 16.0 Å². The van der Waals surface area contributed by atoms with Gasteiger partial charge in [0.25, 0.3) is 0 Å². The SMILES string of the molecule is CC(C)C(NC(=O)C12CC3CC(CC(C3)C1)C2)c1nc(C2(N)CCC2)no1.Cl. The highest BCUT2D eigenvalue weighted by Gasteiger charge is 2.55. The van der Waals surface area contributed by atoms with E-state index in [4.69, 9.17) is 10.3 Å². The van der Waals surface area contributed by atoms with E-state index in [1.807, 2.05) is 0 Å². The van der Waals surface area contributed by atoms with Crippen molar-refractivity contribution in [2.75, 3.05) is 0 Å². The van der Waals surface area contributed by atoms with Crippen LogP contribution in [0, 0.1) is 29.1 Å². The number of hydrogen-bond donors (Lipinski definition) is 2. The van der Waals surface area contributed by atoms with Crippen LogP contribution < -0.4 is 11.1 Å². The van der Waals surface area contributed by atoms with E-state index in [1.54, 1.807) is 0 Å². The van der Waals surface area contributed by atoms with E-state index < -0.39 is 5.54 Å². The Morgan fingerprint density at radius 1 is 1.14 bits per heavy atom. The minimum Gasteiger partial charge on any atom is -0.344 e. The molecule has 1 amide bonds. The molecule has 28 heavy (non-hydrogen) atoms. The van der Waals surface area contributed by atoms with Gasteiger partial charge in [-0.05, 0) is 81.5 Å². The minimum atomic E-state index is -0.437. The molecule has 5 fully saturated rings. The lowest BCUT2D eigenvalue weighted by molar-refractivity contribution is -0.147. The molecule has 7 heteroatoms. The van der Waals surface area contributed by atoms with Crippen molar-refractivity contribution in [3.05, 3.63) is 11.7 Å². The van der Waals surface area contributed by atoms with E-state index in [0.717, 1.165) is 56.3 Å². The van der Waals surface area contributed by atoms with Gasteiger partial charge in [0.15, 0.2) is 5.82 Å². The van der Waals surface area contributed by atoms with E-state index in [0.29, 0.717) is 11.7 Å². The zero-order chi connectivity index (χ0) is 18.8. The number of rotatable bonds is 5. The molecule has 1 heterocycles. The summed E-state index contributed by atoms with van der Waals surface area (Å²) in [5.74, 6) is 3.77. The third kappa shape index (κ3) is 3.17.